The molecule has 1 aromatic heterocycles. The second-order valence-corrected chi connectivity index (χ2v) is 2.54. The summed E-state index contributed by atoms with van der Waals surface area (Å²) in [6.07, 6.45) is 1.66. The molecule has 2 N–H and O–H groups in total. The molecule has 0 aliphatic heterocycles. The summed E-state index contributed by atoms with van der Waals surface area (Å²) in [4.78, 5) is 0. The van der Waals surface area contributed by atoms with Crippen molar-refractivity contribution in [3.8, 4) is 0 Å². The van der Waals surface area contributed by atoms with Crippen LogP contribution in [-0.4, -0.2) is 17.2 Å². The standard InChI is InChI=1S/C8H8FN3.ClH/c1-10-8-2-5-4-11-12-7(5)3-6(8)9;/h2-4,10H,1H3,(H,11,12);1H. The third-order valence-corrected chi connectivity index (χ3v) is 1.80. The lowest BCUT2D eigenvalue weighted by molar-refractivity contribution is 0.633. The van der Waals surface area contributed by atoms with Crippen LogP contribution in [0.1, 0.15) is 0 Å². The molecule has 2 aromatic rings. The number of aromatic nitrogens is 2. The Morgan fingerprint density at radius 3 is 2.92 bits per heavy atom. The fourth-order valence-electron chi connectivity index (χ4n) is 1.16. The van der Waals surface area contributed by atoms with Crippen LogP contribution in [0.2, 0.25) is 0 Å². The first-order valence-corrected chi connectivity index (χ1v) is 3.61. The molecule has 13 heavy (non-hydrogen) atoms. The Morgan fingerprint density at radius 2 is 2.23 bits per heavy atom. The van der Waals surface area contributed by atoms with Crippen LogP contribution < -0.4 is 5.32 Å². The third-order valence-electron chi connectivity index (χ3n) is 1.80. The van der Waals surface area contributed by atoms with E-state index < -0.39 is 0 Å². The number of fused-ring (bicyclic) bond motifs is 1. The van der Waals surface area contributed by atoms with E-state index in [1.165, 1.54) is 6.07 Å². The van der Waals surface area contributed by atoms with E-state index in [-0.39, 0.29) is 18.2 Å². The lowest BCUT2D eigenvalue weighted by Gasteiger charge is -2.00. The number of hydrogen-bond donors (Lipinski definition) is 2. The van der Waals surface area contributed by atoms with E-state index in [2.05, 4.69) is 15.5 Å². The van der Waals surface area contributed by atoms with Crippen LogP contribution >= 0.6 is 12.4 Å². The van der Waals surface area contributed by atoms with Crippen LogP contribution in [0.5, 0.6) is 0 Å². The highest BCUT2D eigenvalue weighted by Crippen LogP contribution is 2.20. The Balaban J connectivity index is 0.000000845. The van der Waals surface area contributed by atoms with Crippen LogP contribution in [0.4, 0.5) is 10.1 Å². The van der Waals surface area contributed by atoms with Crippen LogP contribution in [0.3, 0.4) is 0 Å². The maximum Gasteiger partial charge on any atom is 0.148 e. The minimum atomic E-state index is -0.269. The van der Waals surface area contributed by atoms with Crippen molar-refractivity contribution in [2.75, 3.05) is 12.4 Å². The molecule has 5 heteroatoms. The van der Waals surface area contributed by atoms with Gasteiger partial charge in [0.05, 0.1) is 17.4 Å². The normalized spacial score (nSPS) is 9.69. The average molecular weight is 202 g/mol. The number of halogens is 2. The molecule has 0 fully saturated rings. The molecule has 0 unspecified atom stereocenters. The smallest absolute Gasteiger partial charge is 0.148 e. The predicted octanol–water partition coefficient (Wildman–Crippen LogP) is 2.17. The van der Waals surface area contributed by atoms with Crippen LogP contribution in [0.25, 0.3) is 10.9 Å². The summed E-state index contributed by atoms with van der Waals surface area (Å²) >= 11 is 0. The van der Waals surface area contributed by atoms with E-state index in [1.807, 2.05) is 0 Å². The molecule has 70 valence electrons. The van der Waals surface area contributed by atoms with Crippen molar-refractivity contribution in [1.82, 2.24) is 10.2 Å². The van der Waals surface area contributed by atoms with Gasteiger partial charge in [-0.05, 0) is 6.07 Å². The van der Waals surface area contributed by atoms with Crippen molar-refractivity contribution < 1.29 is 4.39 Å². The first-order valence-electron chi connectivity index (χ1n) is 3.61. The summed E-state index contributed by atoms with van der Waals surface area (Å²) in [7, 11) is 1.68. The van der Waals surface area contributed by atoms with Crippen molar-refractivity contribution in [3.63, 3.8) is 0 Å². The quantitative estimate of drug-likeness (QED) is 0.743. The van der Waals surface area contributed by atoms with E-state index >= 15 is 0 Å². The summed E-state index contributed by atoms with van der Waals surface area (Å²) in [5.74, 6) is -0.269. The molecule has 0 spiro atoms. The van der Waals surface area contributed by atoms with Crippen molar-refractivity contribution in [2.24, 2.45) is 0 Å². The number of rotatable bonds is 1. The Morgan fingerprint density at radius 1 is 1.46 bits per heavy atom. The maximum atomic E-state index is 13.1. The number of aromatic amines is 1. The molecule has 0 saturated heterocycles. The molecule has 0 aliphatic rings. The Kier molecular flexibility index (Phi) is 2.72. The van der Waals surface area contributed by atoms with Crippen LogP contribution in [-0.2, 0) is 0 Å². The van der Waals surface area contributed by atoms with Gasteiger partial charge in [0, 0.05) is 18.5 Å². The maximum absolute atomic E-state index is 13.1. The summed E-state index contributed by atoms with van der Waals surface area (Å²) < 4.78 is 13.1. The fraction of sp³-hybridized carbons (Fsp3) is 0.125. The van der Waals surface area contributed by atoms with Crippen LogP contribution in [0.15, 0.2) is 18.3 Å². The van der Waals surface area contributed by atoms with Crippen LogP contribution in [0, 0.1) is 5.82 Å². The Hall–Kier alpha value is -1.29. The lowest BCUT2D eigenvalue weighted by Crippen LogP contribution is -1.91. The number of anilines is 1. The van der Waals surface area contributed by atoms with Crippen molar-refractivity contribution >= 4 is 29.0 Å². The van der Waals surface area contributed by atoms with E-state index in [0.29, 0.717) is 11.2 Å². The first-order chi connectivity index (χ1) is 5.81. The van der Waals surface area contributed by atoms with Gasteiger partial charge in [0.1, 0.15) is 5.82 Å². The largest absolute Gasteiger partial charge is 0.386 e. The summed E-state index contributed by atoms with van der Waals surface area (Å²) in [6, 6.07) is 3.14. The number of nitrogens with one attached hydrogen (secondary N) is 2. The molecule has 0 saturated carbocycles. The van der Waals surface area contributed by atoms with Gasteiger partial charge in [-0.25, -0.2) is 4.39 Å². The number of H-pyrrole nitrogens is 1. The zero-order valence-electron chi connectivity index (χ0n) is 6.97. The molecule has 1 heterocycles. The van der Waals surface area contributed by atoms with Crippen molar-refractivity contribution in [1.29, 1.82) is 0 Å². The SMILES string of the molecule is CNc1cc2cn[nH]c2cc1F.Cl. The topological polar surface area (TPSA) is 40.7 Å². The lowest BCUT2D eigenvalue weighted by atomic mass is 10.2. The number of nitrogens with zero attached hydrogens (tertiary/aromatic N) is 1. The zero-order chi connectivity index (χ0) is 8.55. The second kappa shape index (κ2) is 3.62. The van der Waals surface area contributed by atoms with E-state index in [1.54, 1.807) is 19.3 Å². The van der Waals surface area contributed by atoms with Crippen molar-refractivity contribution in [2.45, 2.75) is 0 Å². The highest BCUT2D eigenvalue weighted by atomic mass is 35.5. The van der Waals surface area contributed by atoms with E-state index in [4.69, 9.17) is 0 Å². The average Bonchev–Trinajstić information content (AvgIpc) is 2.49. The second-order valence-electron chi connectivity index (χ2n) is 2.54. The monoisotopic (exact) mass is 201 g/mol. The van der Waals surface area contributed by atoms with Gasteiger partial charge in [-0.2, -0.15) is 5.10 Å². The molecule has 1 aromatic carbocycles. The molecule has 0 aliphatic carbocycles. The predicted molar refractivity (Wildman–Crippen MR) is 52.8 cm³/mol. The van der Waals surface area contributed by atoms with Crippen molar-refractivity contribution in [3.05, 3.63) is 24.1 Å². The van der Waals surface area contributed by atoms with E-state index in [0.717, 1.165) is 5.39 Å². The van der Waals surface area contributed by atoms with Gasteiger partial charge in [-0.3, -0.25) is 5.10 Å². The van der Waals surface area contributed by atoms with E-state index in [9.17, 15) is 4.39 Å². The third kappa shape index (κ3) is 1.58. The molecule has 0 bridgehead atoms. The summed E-state index contributed by atoms with van der Waals surface area (Å²) in [6.45, 7) is 0. The molecule has 0 amide bonds. The Labute approximate surface area is 80.7 Å². The van der Waals surface area contributed by atoms with Gasteiger partial charge >= 0.3 is 0 Å². The molecule has 3 nitrogen and oxygen atoms in total. The van der Waals surface area contributed by atoms with Gasteiger partial charge in [0.15, 0.2) is 0 Å². The number of hydrogen-bond acceptors (Lipinski definition) is 2. The van der Waals surface area contributed by atoms with Gasteiger partial charge in [0.2, 0.25) is 0 Å². The molecule has 0 atom stereocenters. The fourth-order valence-corrected chi connectivity index (χ4v) is 1.16. The zero-order valence-corrected chi connectivity index (χ0v) is 7.78. The van der Waals surface area contributed by atoms with Gasteiger partial charge in [0.25, 0.3) is 0 Å². The highest BCUT2D eigenvalue weighted by Gasteiger charge is 2.03. The highest BCUT2D eigenvalue weighted by molar-refractivity contribution is 5.85. The summed E-state index contributed by atoms with van der Waals surface area (Å²) in [5.41, 5.74) is 1.20. The minimum Gasteiger partial charge on any atom is -0.386 e. The molecule has 0 radical (unpaired) electrons. The molecular weight excluding hydrogens is 193 g/mol. The molecular formula is C8H9ClFN3. The molecule has 2 rings (SSSR count). The minimum absolute atomic E-state index is 0. The van der Waals surface area contributed by atoms with Gasteiger partial charge < -0.3 is 5.32 Å². The summed E-state index contributed by atoms with van der Waals surface area (Å²) in [5, 5.41) is 10.2. The van der Waals surface area contributed by atoms with Gasteiger partial charge in [-0.15, -0.1) is 12.4 Å². The first kappa shape index (κ1) is 9.80. The van der Waals surface area contributed by atoms with Gasteiger partial charge in [-0.1, -0.05) is 0 Å². The number of benzene rings is 1. The Bertz CT molecular complexity index is 413.